The van der Waals surface area contributed by atoms with Crippen LogP contribution in [0, 0.1) is 13.8 Å². The van der Waals surface area contributed by atoms with Gasteiger partial charge in [-0.1, -0.05) is 30.3 Å². The van der Waals surface area contributed by atoms with Crippen molar-refractivity contribution in [2.75, 3.05) is 13.6 Å². The van der Waals surface area contributed by atoms with Crippen LogP contribution in [0.15, 0.2) is 35.2 Å². The number of aryl methyl sites for hydroxylation is 2. The van der Waals surface area contributed by atoms with Crippen molar-refractivity contribution >= 4 is 15.9 Å². The number of nitrogens with one attached hydrogen (secondary N) is 2. The van der Waals surface area contributed by atoms with E-state index in [1.54, 1.807) is 13.8 Å². The monoisotopic (exact) mass is 350 g/mol. The van der Waals surface area contributed by atoms with Crippen LogP contribution in [0.1, 0.15) is 29.9 Å². The average Bonchev–Trinajstić information content (AvgIpc) is 2.87. The van der Waals surface area contributed by atoms with E-state index in [0.29, 0.717) is 11.4 Å². The molecule has 1 atom stereocenters. The van der Waals surface area contributed by atoms with E-state index in [9.17, 15) is 13.2 Å². The maximum absolute atomic E-state index is 12.6. The summed E-state index contributed by atoms with van der Waals surface area (Å²) < 4.78 is 26.3. The molecule has 130 valence electrons. The first-order valence-corrected chi connectivity index (χ1v) is 8.99. The molecule has 0 bridgehead atoms. The van der Waals surface area contributed by atoms with Crippen molar-refractivity contribution in [1.29, 1.82) is 0 Å². The Morgan fingerprint density at radius 3 is 2.46 bits per heavy atom. The normalized spacial score (nSPS) is 13.0. The molecule has 7 nitrogen and oxygen atoms in total. The summed E-state index contributed by atoms with van der Waals surface area (Å²) in [5.41, 5.74) is 1.80. The van der Waals surface area contributed by atoms with Crippen LogP contribution in [0.4, 0.5) is 0 Å². The number of aromatic amines is 1. The minimum atomic E-state index is -3.77. The van der Waals surface area contributed by atoms with Gasteiger partial charge in [-0.2, -0.15) is 9.40 Å². The van der Waals surface area contributed by atoms with Gasteiger partial charge in [-0.05, 0) is 26.3 Å². The van der Waals surface area contributed by atoms with E-state index >= 15 is 0 Å². The van der Waals surface area contributed by atoms with Gasteiger partial charge in [0.1, 0.15) is 4.90 Å². The number of nitrogens with zero attached hydrogens (tertiary/aromatic N) is 2. The molecule has 1 amide bonds. The zero-order chi connectivity index (χ0) is 17.9. The largest absolute Gasteiger partial charge is 0.348 e. The van der Waals surface area contributed by atoms with Crippen molar-refractivity contribution in [2.24, 2.45) is 0 Å². The fourth-order valence-electron chi connectivity index (χ4n) is 2.48. The molecule has 2 aromatic rings. The van der Waals surface area contributed by atoms with Crippen molar-refractivity contribution in [1.82, 2.24) is 19.8 Å². The van der Waals surface area contributed by atoms with Crippen LogP contribution in [0.2, 0.25) is 0 Å². The fraction of sp³-hybridized carbons (Fsp3) is 0.375. The van der Waals surface area contributed by atoms with Gasteiger partial charge in [-0.15, -0.1) is 0 Å². The summed E-state index contributed by atoms with van der Waals surface area (Å²) in [6, 6.07) is 9.28. The van der Waals surface area contributed by atoms with Crippen molar-refractivity contribution in [3.05, 3.63) is 47.3 Å². The summed E-state index contributed by atoms with van der Waals surface area (Å²) >= 11 is 0. The summed E-state index contributed by atoms with van der Waals surface area (Å²) in [4.78, 5) is 12.3. The van der Waals surface area contributed by atoms with E-state index in [-0.39, 0.29) is 23.4 Å². The number of rotatable bonds is 6. The predicted octanol–water partition coefficient (Wildman–Crippen LogP) is 1.52. The van der Waals surface area contributed by atoms with Crippen LogP contribution < -0.4 is 5.32 Å². The van der Waals surface area contributed by atoms with Gasteiger partial charge < -0.3 is 5.32 Å². The highest BCUT2D eigenvalue weighted by Crippen LogP contribution is 2.20. The molecule has 0 aliphatic rings. The highest BCUT2D eigenvalue weighted by atomic mass is 32.2. The number of carbonyl (C=O) groups is 1. The fourth-order valence-corrected chi connectivity index (χ4v) is 3.93. The van der Waals surface area contributed by atoms with Crippen molar-refractivity contribution < 1.29 is 13.2 Å². The first kappa shape index (κ1) is 18.2. The second kappa shape index (κ2) is 7.14. The lowest BCUT2D eigenvalue weighted by Gasteiger charge is -2.19. The molecule has 1 aromatic carbocycles. The minimum Gasteiger partial charge on any atom is -0.348 e. The van der Waals surface area contributed by atoms with E-state index in [2.05, 4.69) is 15.5 Å². The average molecular weight is 350 g/mol. The SMILES string of the molecule is Cc1n[nH]c(C)c1S(=O)(=O)N(C)CC(=O)NC(C)c1ccccc1. The number of H-pyrrole nitrogens is 1. The second-order valence-corrected chi connectivity index (χ2v) is 7.71. The van der Waals surface area contributed by atoms with Crippen molar-refractivity contribution in [3.63, 3.8) is 0 Å². The number of hydrogen-bond acceptors (Lipinski definition) is 4. The molecule has 24 heavy (non-hydrogen) atoms. The highest BCUT2D eigenvalue weighted by Gasteiger charge is 2.28. The zero-order valence-electron chi connectivity index (χ0n) is 14.2. The third-order valence-corrected chi connectivity index (χ3v) is 5.84. The van der Waals surface area contributed by atoms with Gasteiger partial charge in [0.15, 0.2) is 0 Å². The van der Waals surface area contributed by atoms with Crippen LogP contribution in [0.25, 0.3) is 0 Å². The van der Waals surface area contributed by atoms with Crippen LogP contribution in [-0.2, 0) is 14.8 Å². The standard InChI is InChI=1S/C16H22N4O3S/c1-11(14-8-6-5-7-9-14)17-15(21)10-20(4)24(22,23)16-12(2)18-19-13(16)3/h5-9,11H,10H2,1-4H3,(H,17,21)(H,18,19). The predicted molar refractivity (Wildman–Crippen MR) is 90.9 cm³/mol. The second-order valence-electron chi connectivity index (χ2n) is 5.72. The maximum Gasteiger partial charge on any atom is 0.246 e. The molecular formula is C16H22N4O3S. The molecule has 8 heteroatoms. The lowest BCUT2D eigenvalue weighted by atomic mass is 10.1. The molecule has 0 fully saturated rings. The van der Waals surface area contributed by atoms with Crippen LogP contribution >= 0.6 is 0 Å². The Labute approximate surface area is 142 Å². The van der Waals surface area contributed by atoms with Crippen LogP contribution in [-0.4, -0.2) is 42.4 Å². The molecule has 0 saturated carbocycles. The number of aromatic nitrogens is 2. The first-order valence-electron chi connectivity index (χ1n) is 7.55. The molecular weight excluding hydrogens is 328 g/mol. The Bertz CT molecular complexity index is 796. The summed E-state index contributed by atoms with van der Waals surface area (Å²) in [6.45, 7) is 4.84. The van der Waals surface area contributed by atoms with E-state index in [0.717, 1.165) is 9.87 Å². The van der Waals surface area contributed by atoms with E-state index in [1.807, 2.05) is 37.3 Å². The lowest BCUT2D eigenvalue weighted by molar-refractivity contribution is -0.121. The molecule has 2 N–H and O–H groups in total. The number of sulfonamides is 1. The summed E-state index contributed by atoms with van der Waals surface area (Å²) in [6.07, 6.45) is 0. The molecule has 2 rings (SSSR count). The smallest absolute Gasteiger partial charge is 0.246 e. The molecule has 1 aromatic heterocycles. The minimum absolute atomic E-state index is 0.119. The van der Waals surface area contributed by atoms with Crippen molar-refractivity contribution in [2.45, 2.75) is 31.7 Å². The maximum atomic E-state index is 12.6. The van der Waals surface area contributed by atoms with Gasteiger partial charge >= 0.3 is 0 Å². The Morgan fingerprint density at radius 2 is 1.92 bits per heavy atom. The number of benzene rings is 1. The third-order valence-electron chi connectivity index (χ3n) is 3.77. The van der Waals surface area contributed by atoms with Crippen LogP contribution in [0.5, 0.6) is 0 Å². The van der Waals surface area contributed by atoms with E-state index < -0.39 is 10.0 Å². The van der Waals surface area contributed by atoms with Gasteiger partial charge in [0.05, 0.1) is 24.0 Å². The molecule has 0 aliphatic carbocycles. The molecule has 0 saturated heterocycles. The summed E-state index contributed by atoms with van der Waals surface area (Å²) in [5.74, 6) is -0.365. The Balaban J connectivity index is 2.06. The van der Waals surface area contributed by atoms with Gasteiger partial charge in [-0.25, -0.2) is 8.42 Å². The summed E-state index contributed by atoms with van der Waals surface area (Å²) in [7, 11) is -2.39. The van der Waals surface area contributed by atoms with E-state index in [1.165, 1.54) is 7.05 Å². The summed E-state index contributed by atoms with van der Waals surface area (Å²) in [5, 5.41) is 9.35. The Hall–Kier alpha value is -2.19. The molecule has 0 radical (unpaired) electrons. The molecule has 1 heterocycles. The highest BCUT2D eigenvalue weighted by molar-refractivity contribution is 7.89. The Kier molecular flexibility index (Phi) is 5.40. The zero-order valence-corrected chi connectivity index (χ0v) is 15.0. The number of likely N-dealkylation sites (N-methyl/N-ethyl adjacent to an activating group) is 1. The van der Waals surface area contributed by atoms with Crippen LogP contribution in [0.3, 0.4) is 0 Å². The third kappa shape index (κ3) is 3.82. The molecule has 0 aliphatic heterocycles. The first-order chi connectivity index (χ1) is 11.2. The topological polar surface area (TPSA) is 95.2 Å². The number of carbonyl (C=O) groups excluding carboxylic acids is 1. The molecule has 1 unspecified atom stereocenters. The molecule has 0 spiro atoms. The quantitative estimate of drug-likeness (QED) is 0.826. The van der Waals surface area contributed by atoms with Gasteiger partial charge in [0.25, 0.3) is 0 Å². The van der Waals surface area contributed by atoms with Gasteiger partial charge in [-0.3, -0.25) is 9.89 Å². The number of amides is 1. The van der Waals surface area contributed by atoms with Crippen molar-refractivity contribution in [3.8, 4) is 0 Å². The van der Waals surface area contributed by atoms with Gasteiger partial charge in [0.2, 0.25) is 15.9 Å². The lowest BCUT2D eigenvalue weighted by Crippen LogP contribution is -2.39. The number of hydrogen-bond donors (Lipinski definition) is 2. The Morgan fingerprint density at radius 1 is 1.29 bits per heavy atom. The van der Waals surface area contributed by atoms with Gasteiger partial charge in [0, 0.05) is 7.05 Å². The van der Waals surface area contributed by atoms with E-state index in [4.69, 9.17) is 0 Å².